The zero-order valence-corrected chi connectivity index (χ0v) is 18.6. The van der Waals surface area contributed by atoms with Crippen molar-refractivity contribution in [1.29, 1.82) is 0 Å². The Morgan fingerprint density at radius 1 is 1.00 bits per heavy atom. The van der Waals surface area contributed by atoms with E-state index in [1.165, 1.54) is 0 Å². The van der Waals surface area contributed by atoms with Crippen molar-refractivity contribution < 1.29 is 8.42 Å². The predicted octanol–water partition coefficient (Wildman–Crippen LogP) is 2.33. The third-order valence-corrected chi connectivity index (χ3v) is 7.21. The average Bonchev–Trinajstić information content (AvgIpc) is 2.70. The molecule has 0 saturated carbocycles. The van der Waals surface area contributed by atoms with E-state index in [9.17, 15) is 8.42 Å². The molecule has 29 heavy (non-hydrogen) atoms. The van der Waals surface area contributed by atoms with Gasteiger partial charge in [0, 0.05) is 58.5 Å². The fourth-order valence-corrected chi connectivity index (χ4v) is 4.99. The summed E-state index contributed by atoms with van der Waals surface area (Å²) in [6, 6.07) is 15.5. The number of aryl methyl sites for hydroxylation is 1. The van der Waals surface area contributed by atoms with Crippen molar-refractivity contribution in [2.75, 3.05) is 58.8 Å². The quantitative estimate of drug-likeness (QED) is 0.751. The summed E-state index contributed by atoms with van der Waals surface area (Å²) in [5.41, 5.74) is 3.02. The van der Waals surface area contributed by atoms with Crippen molar-refractivity contribution >= 4 is 15.7 Å². The predicted molar refractivity (Wildman–Crippen MR) is 119 cm³/mol. The van der Waals surface area contributed by atoms with E-state index in [1.807, 2.05) is 33.2 Å². The molecule has 6 nitrogen and oxygen atoms in total. The third kappa shape index (κ3) is 5.36. The van der Waals surface area contributed by atoms with Crippen LogP contribution in [0.5, 0.6) is 0 Å². The Balaban J connectivity index is 1.82. The van der Waals surface area contributed by atoms with Gasteiger partial charge in [0.25, 0.3) is 0 Å². The van der Waals surface area contributed by atoms with E-state index in [4.69, 9.17) is 0 Å². The van der Waals surface area contributed by atoms with Gasteiger partial charge in [-0.3, -0.25) is 4.90 Å². The highest BCUT2D eigenvalue weighted by atomic mass is 32.2. The first-order valence-electron chi connectivity index (χ1n) is 10.0. The molecule has 0 spiro atoms. The monoisotopic (exact) mass is 416 g/mol. The smallest absolute Gasteiger partial charge is 0.240 e. The second-order valence-electron chi connectivity index (χ2n) is 7.96. The SMILES string of the molecule is Cc1ccccc1S(=O)(=O)NC[C@@H](c1ccc(N(C)C)cc1)N1CCN(C)CC1. The minimum Gasteiger partial charge on any atom is -0.378 e. The first-order chi connectivity index (χ1) is 13.8. The summed E-state index contributed by atoms with van der Waals surface area (Å²) >= 11 is 0. The van der Waals surface area contributed by atoms with Crippen LogP contribution in [0.3, 0.4) is 0 Å². The maximum absolute atomic E-state index is 12.9. The number of sulfonamides is 1. The summed E-state index contributed by atoms with van der Waals surface area (Å²) in [6.45, 7) is 5.98. The molecule has 1 heterocycles. The van der Waals surface area contributed by atoms with Gasteiger partial charge in [0.2, 0.25) is 10.0 Å². The Morgan fingerprint density at radius 2 is 1.62 bits per heavy atom. The molecule has 0 aromatic heterocycles. The maximum Gasteiger partial charge on any atom is 0.240 e. The van der Waals surface area contributed by atoms with Crippen molar-refractivity contribution in [3.8, 4) is 0 Å². The molecule has 1 saturated heterocycles. The lowest BCUT2D eigenvalue weighted by Crippen LogP contribution is -2.48. The molecule has 1 N–H and O–H groups in total. The van der Waals surface area contributed by atoms with Crippen molar-refractivity contribution in [3.63, 3.8) is 0 Å². The van der Waals surface area contributed by atoms with E-state index >= 15 is 0 Å². The minimum atomic E-state index is -3.56. The van der Waals surface area contributed by atoms with Gasteiger partial charge in [-0.1, -0.05) is 30.3 Å². The van der Waals surface area contributed by atoms with E-state index < -0.39 is 10.0 Å². The molecule has 1 atom stereocenters. The summed E-state index contributed by atoms with van der Waals surface area (Å²) < 4.78 is 28.7. The van der Waals surface area contributed by atoms with Gasteiger partial charge in [-0.15, -0.1) is 0 Å². The molecule has 2 aromatic carbocycles. The molecule has 0 unspecified atom stereocenters. The van der Waals surface area contributed by atoms with Gasteiger partial charge in [-0.2, -0.15) is 0 Å². The Hall–Kier alpha value is -1.93. The molecule has 3 rings (SSSR count). The van der Waals surface area contributed by atoms with Gasteiger partial charge in [0.1, 0.15) is 0 Å². The van der Waals surface area contributed by atoms with Gasteiger partial charge >= 0.3 is 0 Å². The second kappa shape index (κ2) is 9.26. The van der Waals surface area contributed by atoms with Crippen LogP contribution in [-0.2, 0) is 10.0 Å². The van der Waals surface area contributed by atoms with Crippen LogP contribution in [-0.4, -0.2) is 72.1 Å². The number of nitrogens with zero attached hydrogens (tertiary/aromatic N) is 3. The van der Waals surface area contributed by atoms with Gasteiger partial charge in [-0.25, -0.2) is 13.1 Å². The molecule has 0 bridgehead atoms. The Bertz CT molecular complexity index is 905. The van der Waals surface area contributed by atoms with Gasteiger partial charge in [0.05, 0.1) is 4.90 Å². The van der Waals surface area contributed by atoms with Crippen LogP contribution >= 0.6 is 0 Å². The van der Waals surface area contributed by atoms with Crippen molar-refractivity contribution in [1.82, 2.24) is 14.5 Å². The molecule has 158 valence electrons. The Labute approximate surface area is 175 Å². The Kier molecular flexibility index (Phi) is 6.95. The molecule has 0 aliphatic carbocycles. The second-order valence-corrected chi connectivity index (χ2v) is 9.69. The normalized spacial score (nSPS) is 17.2. The lowest BCUT2D eigenvalue weighted by molar-refractivity contribution is 0.113. The van der Waals surface area contributed by atoms with Crippen LogP contribution in [0.1, 0.15) is 17.2 Å². The van der Waals surface area contributed by atoms with Crippen molar-refractivity contribution in [2.45, 2.75) is 17.9 Å². The van der Waals surface area contributed by atoms with E-state index in [1.54, 1.807) is 12.1 Å². The highest BCUT2D eigenvalue weighted by molar-refractivity contribution is 7.89. The number of nitrogens with one attached hydrogen (secondary N) is 1. The number of hydrogen-bond donors (Lipinski definition) is 1. The molecular formula is C22H32N4O2S. The van der Waals surface area contributed by atoms with E-state index in [0.717, 1.165) is 43.0 Å². The number of piperazine rings is 1. The summed E-state index contributed by atoms with van der Waals surface area (Å²) in [5.74, 6) is 0. The fraction of sp³-hybridized carbons (Fsp3) is 0.455. The number of anilines is 1. The zero-order valence-electron chi connectivity index (χ0n) is 17.8. The summed E-state index contributed by atoms with van der Waals surface area (Å²) in [6.07, 6.45) is 0. The first kappa shape index (κ1) is 21.8. The molecule has 0 radical (unpaired) electrons. The summed E-state index contributed by atoms with van der Waals surface area (Å²) in [7, 11) is 2.60. The van der Waals surface area contributed by atoms with E-state index in [0.29, 0.717) is 11.4 Å². The van der Waals surface area contributed by atoms with Crippen molar-refractivity contribution in [3.05, 3.63) is 59.7 Å². The molecule has 0 amide bonds. The molecule has 2 aromatic rings. The van der Waals surface area contributed by atoms with E-state index in [2.05, 4.69) is 50.7 Å². The number of likely N-dealkylation sites (N-methyl/N-ethyl adjacent to an activating group) is 1. The van der Waals surface area contributed by atoms with Gasteiger partial charge in [-0.05, 0) is 43.3 Å². The van der Waals surface area contributed by atoms with Gasteiger partial charge < -0.3 is 9.80 Å². The minimum absolute atomic E-state index is 0.00120. The average molecular weight is 417 g/mol. The standard InChI is InChI=1S/C22H32N4O2S/c1-18-7-5-6-8-22(18)29(27,28)23-17-21(26-15-13-25(4)14-16-26)19-9-11-20(12-10-19)24(2)3/h5-12,21,23H,13-17H2,1-4H3/t21-/m0/s1. The van der Waals surface area contributed by atoms with Crippen LogP contribution in [0.2, 0.25) is 0 Å². The summed E-state index contributed by atoms with van der Waals surface area (Å²) in [5, 5.41) is 0. The fourth-order valence-electron chi connectivity index (χ4n) is 3.71. The number of hydrogen-bond acceptors (Lipinski definition) is 5. The lowest BCUT2D eigenvalue weighted by Gasteiger charge is -2.38. The maximum atomic E-state index is 12.9. The summed E-state index contributed by atoms with van der Waals surface area (Å²) in [4.78, 5) is 7.10. The van der Waals surface area contributed by atoms with Crippen LogP contribution in [0.25, 0.3) is 0 Å². The first-order valence-corrected chi connectivity index (χ1v) is 11.5. The number of rotatable bonds is 7. The van der Waals surface area contributed by atoms with Crippen LogP contribution in [0, 0.1) is 6.92 Å². The largest absolute Gasteiger partial charge is 0.378 e. The topological polar surface area (TPSA) is 55.9 Å². The molecular weight excluding hydrogens is 384 g/mol. The lowest BCUT2D eigenvalue weighted by atomic mass is 10.0. The molecule has 1 aliphatic rings. The van der Waals surface area contributed by atoms with Crippen LogP contribution in [0.4, 0.5) is 5.69 Å². The molecule has 1 aliphatic heterocycles. The highest BCUT2D eigenvalue weighted by Crippen LogP contribution is 2.25. The van der Waals surface area contributed by atoms with Crippen molar-refractivity contribution in [2.24, 2.45) is 0 Å². The molecule has 7 heteroatoms. The van der Waals surface area contributed by atoms with E-state index in [-0.39, 0.29) is 6.04 Å². The van der Waals surface area contributed by atoms with Crippen LogP contribution in [0.15, 0.2) is 53.4 Å². The third-order valence-electron chi connectivity index (χ3n) is 5.62. The molecule has 1 fully saturated rings. The van der Waals surface area contributed by atoms with Crippen LogP contribution < -0.4 is 9.62 Å². The Morgan fingerprint density at radius 3 is 2.21 bits per heavy atom. The zero-order chi connectivity index (χ0) is 21.0. The number of benzene rings is 2. The van der Waals surface area contributed by atoms with Gasteiger partial charge in [0.15, 0.2) is 0 Å². The highest BCUT2D eigenvalue weighted by Gasteiger charge is 2.26.